The SMILES string of the molecule is CC(C)N(CC(=O)Nc1cc(Cl)c(Cl)cc1Cl)Cc1nc2ccccc2c(=O)[nH]1. The molecule has 2 N–H and O–H groups in total. The zero-order chi connectivity index (χ0) is 21.1. The Kier molecular flexibility index (Phi) is 6.80. The van der Waals surface area contributed by atoms with Gasteiger partial charge in [-0.2, -0.15) is 0 Å². The number of carbonyl (C=O) groups is 1. The maximum absolute atomic E-state index is 12.6. The molecule has 0 saturated heterocycles. The molecule has 0 fully saturated rings. The lowest BCUT2D eigenvalue weighted by atomic mass is 10.2. The van der Waals surface area contributed by atoms with Crippen LogP contribution in [0.2, 0.25) is 15.1 Å². The molecule has 0 bridgehead atoms. The Hall–Kier alpha value is -2.12. The van der Waals surface area contributed by atoms with Crippen molar-refractivity contribution >= 4 is 57.3 Å². The van der Waals surface area contributed by atoms with Crippen LogP contribution in [0.1, 0.15) is 19.7 Å². The zero-order valence-electron chi connectivity index (χ0n) is 15.8. The van der Waals surface area contributed by atoms with Gasteiger partial charge in [-0.05, 0) is 38.1 Å². The van der Waals surface area contributed by atoms with Crippen LogP contribution in [-0.4, -0.2) is 33.4 Å². The van der Waals surface area contributed by atoms with Gasteiger partial charge in [0.25, 0.3) is 5.56 Å². The van der Waals surface area contributed by atoms with Crippen LogP contribution in [0, 0.1) is 0 Å². The number of halogens is 3. The molecule has 3 aromatic rings. The number of nitrogens with zero attached hydrogens (tertiary/aromatic N) is 2. The predicted octanol–water partition coefficient (Wildman–Crippen LogP) is 4.73. The first-order valence-corrected chi connectivity index (χ1v) is 10.0. The van der Waals surface area contributed by atoms with Crippen LogP contribution in [-0.2, 0) is 11.3 Å². The largest absolute Gasteiger partial charge is 0.324 e. The third-order valence-electron chi connectivity index (χ3n) is 4.38. The number of carbonyl (C=O) groups excluding carboxylic acids is 1. The molecule has 0 unspecified atom stereocenters. The molecule has 0 saturated carbocycles. The summed E-state index contributed by atoms with van der Waals surface area (Å²) in [5, 5.41) is 4.17. The molecular formula is C20H19Cl3N4O2. The molecule has 0 radical (unpaired) electrons. The fourth-order valence-corrected chi connectivity index (χ4v) is 3.41. The van der Waals surface area contributed by atoms with Gasteiger partial charge in [0.15, 0.2) is 0 Å². The third-order valence-corrected chi connectivity index (χ3v) is 5.41. The standard InChI is InChI=1S/C20H19Cl3N4O2/c1-11(2)27(9-18-24-16-6-4-3-5-12(16)20(29)26-18)10-19(28)25-17-8-14(22)13(21)7-15(17)23/h3-8,11H,9-10H2,1-2H3,(H,25,28)(H,24,26,29). The Morgan fingerprint density at radius 3 is 2.55 bits per heavy atom. The highest BCUT2D eigenvalue weighted by atomic mass is 35.5. The minimum Gasteiger partial charge on any atom is -0.324 e. The van der Waals surface area contributed by atoms with Gasteiger partial charge in [-0.15, -0.1) is 0 Å². The first kappa shape index (κ1) is 21.6. The Bertz CT molecular complexity index is 1110. The summed E-state index contributed by atoms with van der Waals surface area (Å²) in [7, 11) is 0. The highest BCUT2D eigenvalue weighted by Gasteiger charge is 2.18. The van der Waals surface area contributed by atoms with Gasteiger partial charge in [0.05, 0.1) is 44.7 Å². The summed E-state index contributed by atoms with van der Waals surface area (Å²) in [4.78, 5) is 34.0. The molecule has 6 nitrogen and oxygen atoms in total. The maximum Gasteiger partial charge on any atom is 0.258 e. The van der Waals surface area contributed by atoms with E-state index in [-0.39, 0.29) is 24.1 Å². The van der Waals surface area contributed by atoms with E-state index in [0.29, 0.717) is 44.0 Å². The van der Waals surface area contributed by atoms with Crippen molar-refractivity contribution < 1.29 is 4.79 Å². The van der Waals surface area contributed by atoms with Crippen LogP contribution >= 0.6 is 34.8 Å². The second kappa shape index (κ2) is 9.13. The fraction of sp³-hybridized carbons (Fsp3) is 0.250. The molecule has 3 rings (SSSR count). The van der Waals surface area contributed by atoms with Gasteiger partial charge in [0, 0.05) is 6.04 Å². The molecule has 0 aliphatic carbocycles. The summed E-state index contributed by atoms with van der Waals surface area (Å²) in [6.07, 6.45) is 0. The summed E-state index contributed by atoms with van der Waals surface area (Å²) >= 11 is 18.0. The van der Waals surface area contributed by atoms with E-state index >= 15 is 0 Å². The van der Waals surface area contributed by atoms with E-state index in [4.69, 9.17) is 34.8 Å². The molecule has 1 amide bonds. The van der Waals surface area contributed by atoms with E-state index in [0.717, 1.165) is 0 Å². The predicted molar refractivity (Wildman–Crippen MR) is 118 cm³/mol. The third kappa shape index (κ3) is 5.28. The molecule has 0 aliphatic rings. The number of nitrogens with one attached hydrogen (secondary N) is 2. The lowest BCUT2D eigenvalue weighted by molar-refractivity contribution is -0.117. The fourth-order valence-electron chi connectivity index (χ4n) is 2.82. The van der Waals surface area contributed by atoms with Crippen LogP contribution in [0.4, 0.5) is 5.69 Å². The number of amides is 1. The number of benzene rings is 2. The number of hydrogen-bond donors (Lipinski definition) is 2. The van der Waals surface area contributed by atoms with Crippen LogP contribution in [0.15, 0.2) is 41.2 Å². The first-order valence-electron chi connectivity index (χ1n) is 8.91. The van der Waals surface area contributed by atoms with Crippen LogP contribution < -0.4 is 10.9 Å². The van der Waals surface area contributed by atoms with Crippen LogP contribution in [0.3, 0.4) is 0 Å². The molecule has 0 aliphatic heterocycles. The van der Waals surface area contributed by atoms with Gasteiger partial charge in [0.2, 0.25) is 5.91 Å². The summed E-state index contributed by atoms with van der Waals surface area (Å²) in [6, 6.07) is 10.1. The monoisotopic (exact) mass is 452 g/mol. The summed E-state index contributed by atoms with van der Waals surface area (Å²) < 4.78 is 0. The Morgan fingerprint density at radius 2 is 1.83 bits per heavy atom. The first-order chi connectivity index (χ1) is 13.7. The molecule has 1 aromatic heterocycles. The number of hydrogen-bond acceptors (Lipinski definition) is 4. The van der Waals surface area contributed by atoms with Crippen molar-refractivity contribution in [3.05, 3.63) is 67.6 Å². The van der Waals surface area contributed by atoms with Gasteiger partial charge in [0.1, 0.15) is 5.82 Å². The number of aromatic amines is 1. The minimum atomic E-state index is -0.276. The number of fused-ring (bicyclic) bond motifs is 1. The second-order valence-corrected chi connectivity index (χ2v) is 8.04. The normalized spacial score (nSPS) is 11.4. The Morgan fingerprint density at radius 1 is 1.14 bits per heavy atom. The molecule has 9 heteroatoms. The molecular weight excluding hydrogens is 435 g/mol. The quantitative estimate of drug-likeness (QED) is 0.529. The van der Waals surface area contributed by atoms with Crippen molar-refractivity contribution in [3.8, 4) is 0 Å². The summed E-state index contributed by atoms with van der Waals surface area (Å²) in [6.45, 7) is 4.29. The Labute approximate surface area is 182 Å². The molecule has 152 valence electrons. The summed E-state index contributed by atoms with van der Waals surface area (Å²) in [5.74, 6) is 0.213. The average molecular weight is 454 g/mol. The van der Waals surface area contributed by atoms with Gasteiger partial charge in [-0.3, -0.25) is 14.5 Å². The van der Waals surface area contributed by atoms with E-state index in [1.54, 1.807) is 18.2 Å². The van der Waals surface area contributed by atoms with E-state index in [1.807, 2.05) is 24.8 Å². The zero-order valence-corrected chi connectivity index (χ0v) is 18.1. The van der Waals surface area contributed by atoms with Crippen molar-refractivity contribution in [1.82, 2.24) is 14.9 Å². The lowest BCUT2D eigenvalue weighted by Crippen LogP contribution is -2.38. The van der Waals surface area contributed by atoms with Crippen molar-refractivity contribution in [1.29, 1.82) is 0 Å². The number of para-hydroxylation sites is 1. The van der Waals surface area contributed by atoms with Gasteiger partial charge in [-0.1, -0.05) is 46.9 Å². The van der Waals surface area contributed by atoms with Crippen molar-refractivity contribution in [2.24, 2.45) is 0 Å². The van der Waals surface area contributed by atoms with Gasteiger partial charge in [-0.25, -0.2) is 4.98 Å². The van der Waals surface area contributed by atoms with E-state index in [9.17, 15) is 9.59 Å². The second-order valence-electron chi connectivity index (χ2n) is 6.82. The average Bonchev–Trinajstić information content (AvgIpc) is 2.65. The highest BCUT2D eigenvalue weighted by Crippen LogP contribution is 2.32. The number of rotatable bonds is 6. The van der Waals surface area contributed by atoms with Gasteiger partial charge < -0.3 is 10.3 Å². The molecule has 2 aromatic carbocycles. The topological polar surface area (TPSA) is 78.1 Å². The van der Waals surface area contributed by atoms with E-state index in [2.05, 4.69) is 15.3 Å². The van der Waals surface area contributed by atoms with Gasteiger partial charge >= 0.3 is 0 Å². The summed E-state index contributed by atoms with van der Waals surface area (Å²) in [5.41, 5.74) is 0.787. The maximum atomic E-state index is 12.6. The number of H-pyrrole nitrogens is 1. The van der Waals surface area contributed by atoms with Crippen molar-refractivity contribution in [2.45, 2.75) is 26.4 Å². The molecule has 29 heavy (non-hydrogen) atoms. The molecule has 0 atom stereocenters. The Balaban J connectivity index is 1.76. The van der Waals surface area contributed by atoms with Crippen molar-refractivity contribution in [2.75, 3.05) is 11.9 Å². The van der Waals surface area contributed by atoms with E-state index < -0.39 is 0 Å². The van der Waals surface area contributed by atoms with Crippen molar-refractivity contribution in [3.63, 3.8) is 0 Å². The molecule has 1 heterocycles. The lowest BCUT2D eigenvalue weighted by Gasteiger charge is -2.25. The van der Waals surface area contributed by atoms with E-state index in [1.165, 1.54) is 12.1 Å². The highest BCUT2D eigenvalue weighted by molar-refractivity contribution is 6.44. The molecule has 0 spiro atoms. The minimum absolute atomic E-state index is 0.0294. The van der Waals surface area contributed by atoms with Crippen LogP contribution in [0.25, 0.3) is 10.9 Å². The smallest absolute Gasteiger partial charge is 0.258 e. The van der Waals surface area contributed by atoms with Crippen LogP contribution in [0.5, 0.6) is 0 Å². The number of anilines is 1. The number of aromatic nitrogens is 2.